The van der Waals surface area contributed by atoms with Gasteiger partial charge in [-0.25, -0.2) is 0 Å². The number of rotatable bonds is 7. The first-order valence-corrected chi connectivity index (χ1v) is 7.18. The fourth-order valence-corrected chi connectivity index (χ4v) is 2.15. The molecule has 108 valence electrons. The fraction of sp³-hybridized carbons (Fsp3) is 0.357. The molecule has 1 atom stereocenters. The maximum absolute atomic E-state index is 9.86. The molecule has 20 heavy (non-hydrogen) atoms. The summed E-state index contributed by atoms with van der Waals surface area (Å²) in [6.07, 6.45) is 3.19. The van der Waals surface area contributed by atoms with E-state index in [0.717, 1.165) is 15.8 Å². The molecule has 2 N–H and O–H groups in total. The van der Waals surface area contributed by atoms with E-state index < -0.39 is 6.10 Å². The molecule has 0 saturated heterocycles. The summed E-state index contributed by atoms with van der Waals surface area (Å²) >= 11 is 3.40. The number of aliphatic hydroxyl groups excluding tert-OH is 1. The van der Waals surface area contributed by atoms with Crippen LogP contribution >= 0.6 is 15.9 Å². The highest BCUT2D eigenvalue weighted by Gasteiger charge is 2.07. The topological polar surface area (TPSA) is 59.3 Å². The molecule has 0 radical (unpaired) electrons. The zero-order valence-corrected chi connectivity index (χ0v) is 12.9. The van der Waals surface area contributed by atoms with Crippen molar-refractivity contribution in [3.05, 3.63) is 46.7 Å². The van der Waals surface area contributed by atoms with Crippen molar-refractivity contribution in [2.75, 3.05) is 13.2 Å². The van der Waals surface area contributed by atoms with Crippen molar-refractivity contribution in [3.63, 3.8) is 0 Å². The van der Waals surface area contributed by atoms with Crippen molar-refractivity contribution in [1.29, 1.82) is 0 Å². The SMILES string of the molecule is Cn1cc(CNCC(O)COc2ccccc2Br)cn1. The first kappa shape index (κ1) is 15.0. The van der Waals surface area contributed by atoms with Gasteiger partial charge in [-0.1, -0.05) is 12.1 Å². The zero-order chi connectivity index (χ0) is 14.4. The van der Waals surface area contributed by atoms with Gasteiger partial charge in [0.2, 0.25) is 0 Å². The number of hydrogen-bond acceptors (Lipinski definition) is 4. The van der Waals surface area contributed by atoms with E-state index in [9.17, 15) is 5.11 Å². The number of nitrogens with one attached hydrogen (secondary N) is 1. The Bertz CT molecular complexity index is 545. The van der Waals surface area contributed by atoms with Crippen LogP contribution in [-0.4, -0.2) is 34.1 Å². The van der Waals surface area contributed by atoms with E-state index in [1.54, 1.807) is 10.9 Å². The predicted octanol–water partition coefficient (Wildman–Crippen LogP) is 1.71. The van der Waals surface area contributed by atoms with Crippen LogP contribution in [0.5, 0.6) is 5.75 Å². The Labute approximate surface area is 126 Å². The quantitative estimate of drug-likeness (QED) is 0.806. The average molecular weight is 340 g/mol. The van der Waals surface area contributed by atoms with Gasteiger partial charge in [0, 0.05) is 31.9 Å². The summed E-state index contributed by atoms with van der Waals surface area (Å²) in [4.78, 5) is 0. The van der Waals surface area contributed by atoms with Crippen LogP contribution in [0.2, 0.25) is 0 Å². The Morgan fingerprint density at radius 1 is 1.45 bits per heavy atom. The van der Waals surface area contributed by atoms with E-state index in [2.05, 4.69) is 26.3 Å². The summed E-state index contributed by atoms with van der Waals surface area (Å²) in [5.74, 6) is 0.735. The Hall–Kier alpha value is -1.37. The highest BCUT2D eigenvalue weighted by atomic mass is 79.9. The maximum atomic E-state index is 9.86. The lowest BCUT2D eigenvalue weighted by Crippen LogP contribution is -2.31. The minimum Gasteiger partial charge on any atom is -0.490 e. The molecule has 6 heteroatoms. The lowest BCUT2D eigenvalue weighted by atomic mass is 10.3. The van der Waals surface area contributed by atoms with Crippen molar-refractivity contribution >= 4 is 15.9 Å². The van der Waals surface area contributed by atoms with Crippen LogP contribution in [-0.2, 0) is 13.6 Å². The molecule has 1 heterocycles. The Kier molecular flexibility index (Phi) is 5.58. The number of para-hydroxylation sites is 1. The maximum Gasteiger partial charge on any atom is 0.133 e. The minimum atomic E-state index is -0.557. The monoisotopic (exact) mass is 339 g/mol. The number of aromatic nitrogens is 2. The number of aliphatic hydroxyl groups is 1. The molecule has 2 rings (SSSR count). The zero-order valence-electron chi connectivity index (χ0n) is 11.3. The average Bonchev–Trinajstić information content (AvgIpc) is 2.83. The number of aryl methyl sites for hydroxylation is 1. The number of nitrogens with zero attached hydrogens (tertiary/aromatic N) is 2. The molecule has 0 saturated carbocycles. The van der Waals surface area contributed by atoms with Gasteiger partial charge >= 0.3 is 0 Å². The molecular weight excluding hydrogens is 322 g/mol. The molecule has 0 fully saturated rings. The van der Waals surface area contributed by atoms with E-state index in [-0.39, 0.29) is 6.61 Å². The fourth-order valence-electron chi connectivity index (χ4n) is 1.75. The summed E-state index contributed by atoms with van der Waals surface area (Å²) < 4.78 is 8.19. The minimum absolute atomic E-state index is 0.253. The molecule has 5 nitrogen and oxygen atoms in total. The summed E-state index contributed by atoms with van der Waals surface area (Å²) in [6, 6.07) is 7.58. The van der Waals surface area contributed by atoms with Gasteiger partial charge in [-0.15, -0.1) is 0 Å². The third-order valence-electron chi connectivity index (χ3n) is 2.74. The molecule has 2 aromatic rings. The molecule has 1 unspecified atom stereocenters. The van der Waals surface area contributed by atoms with Gasteiger partial charge in [0.25, 0.3) is 0 Å². The van der Waals surface area contributed by atoms with Gasteiger partial charge in [0.1, 0.15) is 18.5 Å². The largest absolute Gasteiger partial charge is 0.490 e. The van der Waals surface area contributed by atoms with Crippen molar-refractivity contribution < 1.29 is 9.84 Å². The molecule has 0 aliphatic carbocycles. The lowest BCUT2D eigenvalue weighted by Gasteiger charge is -2.13. The second-order valence-electron chi connectivity index (χ2n) is 4.55. The summed E-state index contributed by atoms with van der Waals surface area (Å²) in [5, 5.41) is 17.1. The van der Waals surface area contributed by atoms with Crippen molar-refractivity contribution in [2.45, 2.75) is 12.6 Å². The molecule has 0 amide bonds. The molecule has 1 aromatic carbocycles. The number of halogens is 1. The Morgan fingerprint density at radius 2 is 2.25 bits per heavy atom. The van der Waals surface area contributed by atoms with Crippen LogP contribution in [0.4, 0.5) is 0 Å². The summed E-state index contributed by atoms with van der Waals surface area (Å²) in [6.45, 7) is 1.40. The van der Waals surface area contributed by atoms with Crippen molar-refractivity contribution in [1.82, 2.24) is 15.1 Å². The van der Waals surface area contributed by atoms with Crippen molar-refractivity contribution in [3.8, 4) is 5.75 Å². The smallest absolute Gasteiger partial charge is 0.133 e. The van der Waals surface area contributed by atoms with Gasteiger partial charge in [0.15, 0.2) is 0 Å². The molecule has 0 spiro atoms. The second-order valence-corrected chi connectivity index (χ2v) is 5.40. The predicted molar refractivity (Wildman–Crippen MR) is 80.6 cm³/mol. The van der Waals surface area contributed by atoms with Crippen LogP contribution in [0.1, 0.15) is 5.56 Å². The van der Waals surface area contributed by atoms with Crippen LogP contribution in [0.3, 0.4) is 0 Å². The molecule has 0 aliphatic heterocycles. The number of benzene rings is 1. The van der Waals surface area contributed by atoms with E-state index in [0.29, 0.717) is 13.1 Å². The van der Waals surface area contributed by atoms with Crippen LogP contribution in [0.25, 0.3) is 0 Å². The van der Waals surface area contributed by atoms with E-state index in [1.165, 1.54) is 0 Å². The van der Waals surface area contributed by atoms with Crippen molar-refractivity contribution in [2.24, 2.45) is 7.05 Å². The van der Waals surface area contributed by atoms with Crippen LogP contribution in [0, 0.1) is 0 Å². The van der Waals surface area contributed by atoms with E-state index in [1.807, 2.05) is 37.5 Å². The van der Waals surface area contributed by atoms with Gasteiger partial charge in [-0.2, -0.15) is 5.10 Å². The third kappa shape index (κ3) is 4.63. The third-order valence-corrected chi connectivity index (χ3v) is 3.39. The highest BCUT2D eigenvalue weighted by Crippen LogP contribution is 2.23. The summed E-state index contributed by atoms with van der Waals surface area (Å²) in [7, 11) is 1.88. The molecular formula is C14H18BrN3O2. The Balaban J connectivity index is 1.68. The highest BCUT2D eigenvalue weighted by molar-refractivity contribution is 9.10. The number of hydrogen-bond donors (Lipinski definition) is 2. The molecule has 0 aliphatic rings. The Morgan fingerprint density at radius 3 is 2.95 bits per heavy atom. The van der Waals surface area contributed by atoms with Crippen LogP contribution < -0.4 is 10.1 Å². The van der Waals surface area contributed by atoms with E-state index in [4.69, 9.17) is 4.74 Å². The molecule has 1 aromatic heterocycles. The summed E-state index contributed by atoms with van der Waals surface area (Å²) in [5.41, 5.74) is 1.09. The normalized spacial score (nSPS) is 12.3. The second kappa shape index (κ2) is 7.42. The standard InChI is InChI=1S/C14H18BrN3O2/c1-18-9-11(7-17-18)6-16-8-12(19)10-20-14-5-3-2-4-13(14)15/h2-5,7,9,12,16,19H,6,8,10H2,1H3. The van der Waals surface area contributed by atoms with Gasteiger partial charge < -0.3 is 15.2 Å². The first-order chi connectivity index (χ1) is 9.65. The first-order valence-electron chi connectivity index (χ1n) is 6.39. The van der Waals surface area contributed by atoms with Crippen LogP contribution in [0.15, 0.2) is 41.1 Å². The lowest BCUT2D eigenvalue weighted by molar-refractivity contribution is 0.106. The molecule has 0 bridgehead atoms. The van der Waals surface area contributed by atoms with Gasteiger partial charge in [0.05, 0.1) is 10.7 Å². The van der Waals surface area contributed by atoms with E-state index >= 15 is 0 Å². The van der Waals surface area contributed by atoms with Gasteiger partial charge in [-0.3, -0.25) is 4.68 Å². The van der Waals surface area contributed by atoms with Gasteiger partial charge in [-0.05, 0) is 28.1 Å². The number of ether oxygens (including phenoxy) is 1.